The van der Waals surface area contributed by atoms with E-state index in [-0.39, 0.29) is 5.78 Å². The molecule has 0 saturated heterocycles. The quantitative estimate of drug-likeness (QED) is 0.769. The summed E-state index contributed by atoms with van der Waals surface area (Å²) in [7, 11) is 0. The number of ether oxygens (including phenoxy) is 1. The fraction of sp³-hybridized carbons (Fsp3) is 0.250. The molecule has 0 radical (unpaired) electrons. The molecule has 0 aliphatic heterocycles. The lowest BCUT2D eigenvalue weighted by Crippen LogP contribution is -2.36. The molecular formula is C16H18NO2+. The van der Waals surface area contributed by atoms with Crippen LogP contribution in [-0.4, -0.2) is 5.78 Å². The van der Waals surface area contributed by atoms with E-state index in [9.17, 15) is 4.79 Å². The summed E-state index contributed by atoms with van der Waals surface area (Å²) in [6.07, 6.45) is 3.70. The van der Waals surface area contributed by atoms with Crippen molar-refractivity contribution < 1.29 is 14.1 Å². The van der Waals surface area contributed by atoms with E-state index >= 15 is 0 Å². The van der Waals surface area contributed by atoms with Gasteiger partial charge in [0.15, 0.2) is 17.7 Å². The Labute approximate surface area is 113 Å². The van der Waals surface area contributed by atoms with E-state index in [1.54, 1.807) is 6.92 Å². The molecule has 0 bridgehead atoms. The minimum Gasteiger partial charge on any atom is -0.483 e. The molecule has 1 aromatic heterocycles. The monoisotopic (exact) mass is 256 g/mol. The van der Waals surface area contributed by atoms with Crippen LogP contribution in [0.1, 0.15) is 18.1 Å². The van der Waals surface area contributed by atoms with Gasteiger partial charge in [-0.3, -0.25) is 4.79 Å². The molecule has 19 heavy (non-hydrogen) atoms. The van der Waals surface area contributed by atoms with Crippen molar-refractivity contribution in [3.05, 3.63) is 59.9 Å². The Morgan fingerprint density at radius 3 is 2.63 bits per heavy atom. The van der Waals surface area contributed by atoms with Crippen LogP contribution in [0, 0.1) is 6.92 Å². The van der Waals surface area contributed by atoms with E-state index < -0.39 is 0 Å². The van der Waals surface area contributed by atoms with Gasteiger partial charge in [-0.2, -0.15) is 4.57 Å². The highest BCUT2D eigenvalue weighted by molar-refractivity contribution is 5.73. The van der Waals surface area contributed by atoms with Gasteiger partial charge in [-0.1, -0.05) is 29.8 Å². The third-order valence-electron chi connectivity index (χ3n) is 2.76. The lowest BCUT2D eigenvalue weighted by atomic mass is 10.2. The van der Waals surface area contributed by atoms with E-state index in [1.807, 2.05) is 29.1 Å². The number of nitrogens with zero attached hydrogens (tertiary/aromatic N) is 1. The molecule has 0 amide bonds. The maximum absolute atomic E-state index is 11.1. The number of Topliss-reactive ketones (excluding diaryl/α,β-unsaturated/α-hetero) is 1. The number of hydrogen-bond donors (Lipinski definition) is 0. The second-order valence-corrected chi connectivity index (χ2v) is 4.69. The summed E-state index contributed by atoms with van der Waals surface area (Å²) in [5, 5.41) is 0. The van der Waals surface area contributed by atoms with Gasteiger partial charge >= 0.3 is 0 Å². The predicted octanol–water partition coefficient (Wildman–Crippen LogP) is 2.45. The normalized spacial score (nSPS) is 10.2. The SMILES string of the molecule is CC(=O)C[n+]1cccc(OCc2ccc(C)cc2)c1. The van der Waals surface area contributed by atoms with E-state index in [0.717, 1.165) is 11.3 Å². The van der Waals surface area contributed by atoms with E-state index in [0.29, 0.717) is 13.2 Å². The van der Waals surface area contributed by atoms with E-state index in [4.69, 9.17) is 4.74 Å². The molecule has 0 aliphatic carbocycles. The standard InChI is InChI=1S/C16H18NO2/c1-13-5-7-15(8-6-13)12-19-16-4-3-9-17(11-16)10-14(2)18/h3-9,11H,10,12H2,1-2H3/q+1. The second kappa shape index (κ2) is 6.14. The van der Waals surface area contributed by atoms with E-state index in [2.05, 4.69) is 31.2 Å². The molecule has 3 nitrogen and oxygen atoms in total. The molecule has 0 fully saturated rings. The van der Waals surface area contributed by atoms with Gasteiger partial charge in [0, 0.05) is 13.0 Å². The largest absolute Gasteiger partial charge is 0.483 e. The zero-order valence-electron chi connectivity index (χ0n) is 11.3. The highest BCUT2D eigenvalue weighted by Crippen LogP contribution is 2.10. The van der Waals surface area contributed by atoms with Crippen LogP contribution in [0.15, 0.2) is 48.8 Å². The maximum Gasteiger partial charge on any atom is 0.211 e. The number of carbonyl (C=O) groups is 1. The van der Waals surface area contributed by atoms with Crippen LogP contribution in [0.25, 0.3) is 0 Å². The molecule has 3 heteroatoms. The van der Waals surface area contributed by atoms with Crippen LogP contribution in [0.5, 0.6) is 5.75 Å². The van der Waals surface area contributed by atoms with Crippen LogP contribution in [0.3, 0.4) is 0 Å². The topological polar surface area (TPSA) is 30.2 Å². The lowest BCUT2D eigenvalue weighted by molar-refractivity contribution is -0.684. The van der Waals surface area contributed by atoms with Crippen LogP contribution in [0.4, 0.5) is 0 Å². The molecule has 2 rings (SSSR count). The fourth-order valence-electron chi connectivity index (χ4n) is 1.79. The van der Waals surface area contributed by atoms with Crippen molar-refractivity contribution >= 4 is 5.78 Å². The lowest BCUT2D eigenvalue weighted by Gasteiger charge is -2.05. The van der Waals surface area contributed by atoms with Gasteiger partial charge in [-0.15, -0.1) is 0 Å². The molecule has 2 aromatic rings. The Morgan fingerprint density at radius 1 is 1.21 bits per heavy atom. The molecule has 1 aromatic carbocycles. The Hall–Kier alpha value is -2.16. The minimum atomic E-state index is 0.126. The number of pyridine rings is 1. The third kappa shape index (κ3) is 4.21. The Balaban J connectivity index is 1.99. The first-order chi connectivity index (χ1) is 9.13. The second-order valence-electron chi connectivity index (χ2n) is 4.69. The number of aryl methyl sites for hydroxylation is 1. The van der Waals surface area contributed by atoms with Gasteiger partial charge in [-0.05, 0) is 18.6 Å². The molecule has 0 spiro atoms. The van der Waals surface area contributed by atoms with Gasteiger partial charge in [-0.25, -0.2) is 0 Å². The third-order valence-corrected chi connectivity index (χ3v) is 2.76. The number of benzene rings is 1. The maximum atomic E-state index is 11.1. The van der Waals surface area contributed by atoms with Gasteiger partial charge in [0.1, 0.15) is 6.61 Å². The van der Waals surface area contributed by atoms with Crippen molar-refractivity contribution in [2.24, 2.45) is 0 Å². The average Bonchev–Trinajstić information content (AvgIpc) is 2.38. The zero-order chi connectivity index (χ0) is 13.7. The molecule has 0 N–H and O–H groups in total. The Morgan fingerprint density at radius 2 is 1.95 bits per heavy atom. The minimum absolute atomic E-state index is 0.126. The smallest absolute Gasteiger partial charge is 0.211 e. The number of ketones is 1. The summed E-state index contributed by atoms with van der Waals surface area (Å²) in [5.41, 5.74) is 2.37. The van der Waals surface area contributed by atoms with Crippen LogP contribution in [-0.2, 0) is 17.9 Å². The Bertz CT molecular complexity index is 561. The van der Waals surface area contributed by atoms with Crippen molar-refractivity contribution in [1.29, 1.82) is 0 Å². The van der Waals surface area contributed by atoms with Gasteiger partial charge in [0.2, 0.25) is 12.7 Å². The zero-order valence-corrected chi connectivity index (χ0v) is 11.3. The van der Waals surface area contributed by atoms with Crippen LogP contribution in [0.2, 0.25) is 0 Å². The van der Waals surface area contributed by atoms with Crippen LogP contribution >= 0.6 is 0 Å². The summed E-state index contributed by atoms with van der Waals surface area (Å²) < 4.78 is 7.55. The van der Waals surface area contributed by atoms with Crippen molar-refractivity contribution in [2.45, 2.75) is 27.0 Å². The summed E-state index contributed by atoms with van der Waals surface area (Å²) >= 11 is 0. The first-order valence-electron chi connectivity index (χ1n) is 6.30. The van der Waals surface area contributed by atoms with Crippen molar-refractivity contribution in [3.63, 3.8) is 0 Å². The summed E-state index contributed by atoms with van der Waals surface area (Å²) in [6, 6.07) is 12.0. The molecule has 98 valence electrons. The van der Waals surface area contributed by atoms with Crippen molar-refractivity contribution in [2.75, 3.05) is 0 Å². The van der Waals surface area contributed by atoms with Gasteiger partial charge in [0.25, 0.3) is 0 Å². The molecule has 0 unspecified atom stereocenters. The summed E-state index contributed by atoms with van der Waals surface area (Å²) in [5.74, 6) is 0.894. The highest BCUT2D eigenvalue weighted by atomic mass is 16.5. The van der Waals surface area contributed by atoms with Gasteiger partial charge < -0.3 is 4.74 Å². The predicted molar refractivity (Wildman–Crippen MR) is 72.8 cm³/mol. The average molecular weight is 256 g/mol. The van der Waals surface area contributed by atoms with Gasteiger partial charge in [0.05, 0.1) is 0 Å². The summed E-state index contributed by atoms with van der Waals surface area (Å²) in [4.78, 5) is 11.1. The molecular weight excluding hydrogens is 238 g/mol. The number of rotatable bonds is 5. The summed E-state index contributed by atoms with van der Waals surface area (Å²) in [6.45, 7) is 4.55. The van der Waals surface area contributed by atoms with E-state index in [1.165, 1.54) is 5.56 Å². The molecule has 0 atom stereocenters. The number of aromatic nitrogens is 1. The molecule has 0 saturated carbocycles. The fourth-order valence-corrected chi connectivity index (χ4v) is 1.79. The molecule has 1 heterocycles. The molecule has 0 aliphatic rings. The first kappa shape index (κ1) is 13.3. The number of carbonyl (C=O) groups excluding carboxylic acids is 1. The van der Waals surface area contributed by atoms with Crippen molar-refractivity contribution in [1.82, 2.24) is 0 Å². The van der Waals surface area contributed by atoms with Crippen LogP contribution < -0.4 is 9.30 Å². The number of hydrogen-bond acceptors (Lipinski definition) is 2. The first-order valence-corrected chi connectivity index (χ1v) is 6.30. The Kier molecular flexibility index (Phi) is 4.29. The highest BCUT2D eigenvalue weighted by Gasteiger charge is 2.06. The van der Waals surface area contributed by atoms with Crippen molar-refractivity contribution in [3.8, 4) is 5.75 Å².